The zero-order valence-electron chi connectivity index (χ0n) is 12.9. The van der Waals surface area contributed by atoms with E-state index in [1.165, 1.54) is 12.1 Å². The quantitative estimate of drug-likeness (QED) is 0.712. The lowest BCUT2D eigenvalue weighted by Gasteiger charge is -2.07. The number of pyridine rings is 1. The number of halogens is 3. The Labute approximate surface area is 141 Å². The van der Waals surface area contributed by atoms with Gasteiger partial charge in [0.05, 0.1) is 10.6 Å². The molecule has 0 bridgehead atoms. The number of hydrogen-bond donors (Lipinski definition) is 0. The minimum Gasteiger partial charge on any atom is -0.236 e. The molecule has 0 atom stereocenters. The van der Waals surface area contributed by atoms with Crippen molar-refractivity contribution in [3.05, 3.63) is 60.4 Å². The van der Waals surface area contributed by atoms with Gasteiger partial charge in [-0.25, -0.2) is 18.1 Å². The monoisotopic (exact) mass is 367 g/mol. The second-order valence-corrected chi connectivity index (χ2v) is 7.33. The highest BCUT2D eigenvalue weighted by molar-refractivity contribution is 7.90. The Morgan fingerprint density at radius 2 is 1.72 bits per heavy atom. The first-order valence-electron chi connectivity index (χ1n) is 7.05. The molecule has 0 saturated carbocycles. The zero-order valence-corrected chi connectivity index (χ0v) is 13.7. The predicted octanol–water partition coefficient (Wildman–Crippen LogP) is 3.36. The van der Waals surface area contributed by atoms with Crippen LogP contribution >= 0.6 is 0 Å². The number of nitrogens with zero attached hydrogens (tertiary/aromatic N) is 3. The second-order valence-electron chi connectivity index (χ2n) is 5.31. The van der Waals surface area contributed by atoms with Gasteiger partial charge in [-0.2, -0.15) is 18.3 Å². The number of sulfone groups is 1. The van der Waals surface area contributed by atoms with E-state index < -0.39 is 21.7 Å². The molecule has 0 radical (unpaired) electrons. The third kappa shape index (κ3) is 3.55. The maximum Gasteiger partial charge on any atom is 0.435 e. The molecule has 0 fully saturated rings. The van der Waals surface area contributed by atoms with Crippen molar-refractivity contribution >= 4 is 9.84 Å². The number of benzene rings is 1. The van der Waals surface area contributed by atoms with Gasteiger partial charge in [-0.1, -0.05) is 30.3 Å². The second kappa shape index (κ2) is 5.99. The lowest BCUT2D eigenvalue weighted by atomic mass is 10.1. The smallest absolute Gasteiger partial charge is 0.236 e. The van der Waals surface area contributed by atoms with Crippen molar-refractivity contribution < 1.29 is 21.6 Å². The van der Waals surface area contributed by atoms with Gasteiger partial charge in [-0.3, -0.25) is 0 Å². The fraction of sp³-hybridized carbons (Fsp3) is 0.125. The van der Waals surface area contributed by atoms with Crippen LogP contribution in [0.4, 0.5) is 13.2 Å². The van der Waals surface area contributed by atoms with Crippen molar-refractivity contribution in [2.45, 2.75) is 11.1 Å². The Bertz CT molecular complexity index is 995. The normalized spacial score (nSPS) is 12.3. The molecule has 0 N–H and O–H groups in total. The highest BCUT2D eigenvalue weighted by Crippen LogP contribution is 2.32. The largest absolute Gasteiger partial charge is 0.435 e. The number of alkyl halides is 3. The van der Waals surface area contributed by atoms with Crippen LogP contribution in [0.1, 0.15) is 5.69 Å². The number of rotatable bonds is 3. The van der Waals surface area contributed by atoms with E-state index in [1.807, 2.05) is 0 Å². The molecule has 2 aromatic heterocycles. The Hall–Kier alpha value is -2.68. The topological polar surface area (TPSA) is 64.8 Å². The lowest BCUT2D eigenvalue weighted by molar-refractivity contribution is -0.141. The summed E-state index contributed by atoms with van der Waals surface area (Å²) in [7, 11) is -3.45. The van der Waals surface area contributed by atoms with Gasteiger partial charge in [-0.05, 0) is 18.2 Å². The van der Waals surface area contributed by atoms with E-state index in [4.69, 9.17) is 0 Å². The first-order valence-corrected chi connectivity index (χ1v) is 8.94. The van der Waals surface area contributed by atoms with Crippen LogP contribution in [0.2, 0.25) is 0 Å². The van der Waals surface area contributed by atoms with Crippen LogP contribution in [-0.2, 0) is 16.0 Å². The number of hydrogen-bond acceptors (Lipinski definition) is 4. The Balaban J connectivity index is 2.16. The van der Waals surface area contributed by atoms with Crippen molar-refractivity contribution in [2.75, 3.05) is 6.26 Å². The van der Waals surface area contributed by atoms with Gasteiger partial charge < -0.3 is 0 Å². The fourth-order valence-corrected chi connectivity index (χ4v) is 2.79. The average Bonchev–Trinajstić information content (AvgIpc) is 3.00. The maximum atomic E-state index is 13.1. The number of aromatic nitrogens is 3. The summed E-state index contributed by atoms with van der Waals surface area (Å²) in [5.41, 5.74) is -0.327. The van der Waals surface area contributed by atoms with Crippen LogP contribution in [0.25, 0.3) is 17.1 Å². The summed E-state index contributed by atoms with van der Waals surface area (Å²) in [6.45, 7) is 0. The molecule has 0 aliphatic carbocycles. The van der Waals surface area contributed by atoms with Crippen LogP contribution < -0.4 is 0 Å². The highest BCUT2D eigenvalue weighted by Gasteiger charge is 2.35. The molecule has 5 nitrogen and oxygen atoms in total. The van der Waals surface area contributed by atoms with Gasteiger partial charge in [0.15, 0.2) is 21.3 Å². The molecule has 25 heavy (non-hydrogen) atoms. The molecule has 3 rings (SSSR count). The van der Waals surface area contributed by atoms with Gasteiger partial charge >= 0.3 is 6.18 Å². The van der Waals surface area contributed by atoms with Crippen LogP contribution in [0.3, 0.4) is 0 Å². The van der Waals surface area contributed by atoms with E-state index in [9.17, 15) is 21.6 Å². The van der Waals surface area contributed by atoms with Crippen molar-refractivity contribution in [1.82, 2.24) is 14.8 Å². The molecule has 0 aliphatic heterocycles. The van der Waals surface area contributed by atoms with Crippen LogP contribution in [-0.4, -0.2) is 29.4 Å². The van der Waals surface area contributed by atoms with Crippen molar-refractivity contribution in [1.29, 1.82) is 0 Å². The summed E-state index contributed by atoms with van der Waals surface area (Å²) in [6.07, 6.45) is -2.50. The van der Waals surface area contributed by atoms with Crippen molar-refractivity contribution in [3.8, 4) is 17.1 Å². The molecule has 9 heteroatoms. The molecule has 0 aliphatic rings. The van der Waals surface area contributed by atoms with E-state index in [1.54, 1.807) is 30.3 Å². The molecule has 0 saturated heterocycles. The SMILES string of the molecule is CS(=O)(=O)c1ccc(-n2nc(C(F)(F)F)cc2-c2ccccc2)nc1. The van der Waals surface area contributed by atoms with E-state index >= 15 is 0 Å². The maximum absolute atomic E-state index is 13.1. The van der Waals surface area contributed by atoms with E-state index in [-0.39, 0.29) is 16.4 Å². The van der Waals surface area contributed by atoms with E-state index in [0.717, 1.165) is 23.2 Å². The minimum absolute atomic E-state index is 0.0271. The summed E-state index contributed by atoms with van der Waals surface area (Å²) in [5.74, 6) is 0.0850. The fourth-order valence-electron chi connectivity index (χ4n) is 2.23. The molecule has 1 aromatic carbocycles. The van der Waals surface area contributed by atoms with Gasteiger partial charge in [0.1, 0.15) is 0 Å². The molecule has 0 spiro atoms. The van der Waals surface area contributed by atoms with Crippen molar-refractivity contribution in [2.24, 2.45) is 0 Å². The zero-order chi connectivity index (χ0) is 18.2. The molecule has 3 aromatic rings. The van der Waals surface area contributed by atoms with E-state index in [2.05, 4.69) is 10.1 Å². The Kier molecular flexibility index (Phi) is 4.11. The summed E-state index contributed by atoms with van der Waals surface area (Å²) in [5, 5.41) is 3.60. The van der Waals surface area contributed by atoms with Gasteiger partial charge in [0.25, 0.3) is 0 Å². The van der Waals surface area contributed by atoms with Gasteiger partial charge in [0, 0.05) is 18.0 Å². The highest BCUT2D eigenvalue weighted by atomic mass is 32.2. The van der Waals surface area contributed by atoms with Crippen LogP contribution in [0.5, 0.6) is 0 Å². The van der Waals surface area contributed by atoms with E-state index in [0.29, 0.717) is 5.56 Å². The Morgan fingerprint density at radius 3 is 2.24 bits per heavy atom. The van der Waals surface area contributed by atoms with Crippen LogP contribution in [0, 0.1) is 0 Å². The van der Waals surface area contributed by atoms with Gasteiger partial charge in [0.2, 0.25) is 0 Å². The first kappa shape index (κ1) is 17.2. The molecular formula is C16H12F3N3O2S. The standard InChI is InChI=1S/C16H12F3N3O2S/c1-25(23,24)12-7-8-15(20-10-12)22-13(11-5-3-2-4-6-11)9-14(21-22)16(17,18)19/h2-10H,1H3. The molecule has 0 amide bonds. The molecule has 2 heterocycles. The lowest BCUT2D eigenvalue weighted by Crippen LogP contribution is -2.08. The Morgan fingerprint density at radius 1 is 1.04 bits per heavy atom. The average molecular weight is 367 g/mol. The molecular weight excluding hydrogens is 355 g/mol. The minimum atomic E-state index is -4.61. The van der Waals surface area contributed by atoms with Crippen LogP contribution in [0.15, 0.2) is 59.6 Å². The van der Waals surface area contributed by atoms with Crippen molar-refractivity contribution in [3.63, 3.8) is 0 Å². The summed E-state index contributed by atoms with van der Waals surface area (Å²) in [6, 6.07) is 12.0. The molecule has 0 unspecified atom stereocenters. The summed E-state index contributed by atoms with van der Waals surface area (Å²) < 4.78 is 63.2. The third-order valence-electron chi connectivity index (χ3n) is 3.44. The summed E-state index contributed by atoms with van der Waals surface area (Å²) >= 11 is 0. The van der Waals surface area contributed by atoms with Gasteiger partial charge in [-0.15, -0.1) is 0 Å². The molecule has 130 valence electrons. The third-order valence-corrected chi connectivity index (χ3v) is 4.53. The predicted molar refractivity (Wildman–Crippen MR) is 84.9 cm³/mol. The first-order chi connectivity index (χ1) is 11.7. The summed E-state index contributed by atoms with van der Waals surface area (Å²) in [4.78, 5) is 3.92.